The van der Waals surface area contributed by atoms with E-state index in [2.05, 4.69) is 0 Å². The molecule has 1 aromatic heterocycles. The molecule has 1 aliphatic rings. The molecular formula is C23H21NO4S. The number of nitrogens with zero attached hydrogens (tertiary/aromatic N) is 1. The molecule has 2 heterocycles. The fourth-order valence-electron chi connectivity index (χ4n) is 3.39. The highest BCUT2D eigenvalue weighted by molar-refractivity contribution is 7.17. The fourth-order valence-corrected chi connectivity index (χ4v) is 4.52. The second-order valence-corrected chi connectivity index (χ2v) is 7.70. The number of ether oxygens (including phenoxy) is 2. The predicted octanol–water partition coefficient (Wildman–Crippen LogP) is 5.29. The highest BCUT2D eigenvalue weighted by Crippen LogP contribution is 2.41. The van der Waals surface area contributed by atoms with Crippen LogP contribution in [-0.4, -0.2) is 25.2 Å². The molecule has 0 bridgehead atoms. The molecule has 0 aliphatic carbocycles. The molecule has 5 nitrogen and oxygen atoms in total. The summed E-state index contributed by atoms with van der Waals surface area (Å²) in [6, 6.07) is 19.2. The van der Waals surface area contributed by atoms with Crippen LogP contribution in [0.25, 0.3) is 10.4 Å². The van der Waals surface area contributed by atoms with Crippen LogP contribution in [0, 0.1) is 0 Å². The van der Waals surface area contributed by atoms with Gasteiger partial charge in [-0.3, -0.25) is 4.90 Å². The standard InChI is InChI=1S/C23H21NO4S/c1-2-27-22(25)20-14-17-12-13-24(19-11-7-6-10-18(19)21(17)29-20)23(26)28-15-16-8-4-3-5-9-16/h3-11,14H,2,12-13,15H2,1H3. The van der Waals surface area contributed by atoms with Gasteiger partial charge in [0.05, 0.1) is 12.3 Å². The molecule has 2 aromatic carbocycles. The van der Waals surface area contributed by atoms with Gasteiger partial charge in [0.25, 0.3) is 0 Å². The van der Waals surface area contributed by atoms with E-state index in [1.165, 1.54) is 11.3 Å². The number of amides is 1. The summed E-state index contributed by atoms with van der Waals surface area (Å²) in [5, 5.41) is 0. The predicted molar refractivity (Wildman–Crippen MR) is 113 cm³/mol. The number of para-hydroxylation sites is 1. The third-order valence-electron chi connectivity index (χ3n) is 4.76. The summed E-state index contributed by atoms with van der Waals surface area (Å²) < 4.78 is 10.7. The van der Waals surface area contributed by atoms with Gasteiger partial charge in [-0.1, -0.05) is 48.5 Å². The van der Waals surface area contributed by atoms with Crippen molar-refractivity contribution in [3.8, 4) is 10.4 Å². The van der Waals surface area contributed by atoms with Crippen LogP contribution in [0.15, 0.2) is 60.7 Å². The fraction of sp³-hybridized carbons (Fsp3) is 0.217. The Labute approximate surface area is 173 Å². The van der Waals surface area contributed by atoms with E-state index in [-0.39, 0.29) is 18.7 Å². The molecular weight excluding hydrogens is 386 g/mol. The van der Waals surface area contributed by atoms with E-state index < -0.39 is 0 Å². The average Bonchev–Trinajstić information content (AvgIpc) is 3.11. The van der Waals surface area contributed by atoms with E-state index in [1.54, 1.807) is 11.8 Å². The average molecular weight is 407 g/mol. The molecule has 6 heteroatoms. The SMILES string of the molecule is CCOC(=O)c1cc2c(s1)-c1ccccc1N(C(=O)OCc1ccccc1)CC2. The zero-order chi connectivity index (χ0) is 20.2. The number of benzene rings is 2. The first-order chi connectivity index (χ1) is 14.2. The van der Waals surface area contributed by atoms with Crippen molar-refractivity contribution < 1.29 is 19.1 Å². The van der Waals surface area contributed by atoms with E-state index in [9.17, 15) is 9.59 Å². The molecule has 29 heavy (non-hydrogen) atoms. The Balaban J connectivity index is 1.60. The molecule has 0 saturated heterocycles. The van der Waals surface area contributed by atoms with Crippen molar-refractivity contribution in [1.82, 2.24) is 0 Å². The molecule has 1 aliphatic heterocycles. The lowest BCUT2D eigenvalue weighted by molar-refractivity contribution is 0.0532. The zero-order valence-corrected chi connectivity index (χ0v) is 16.9. The summed E-state index contributed by atoms with van der Waals surface area (Å²) in [6.07, 6.45) is 0.266. The Morgan fingerprint density at radius 1 is 1.03 bits per heavy atom. The topological polar surface area (TPSA) is 55.8 Å². The van der Waals surface area contributed by atoms with E-state index in [0.29, 0.717) is 24.4 Å². The van der Waals surface area contributed by atoms with Crippen molar-refractivity contribution in [3.05, 3.63) is 76.7 Å². The first-order valence-corrected chi connectivity index (χ1v) is 10.4. The second kappa shape index (κ2) is 8.49. The molecule has 0 saturated carbocycles. The van der Waals surface area contributed by atoms with Crippen molar-refractivity contribution in [2.45, 2.75) is 20.0 Å². The number of hydrogen-bond donors (Lipinski definition) is 0. The number of carbonyl (C=O) groups is 2. The van der Waals surface area contributed by atoms with Gasteiger partial charge in [0.2, 0.25) is 0 Å². The van der Waals surface area contributed by atoms with Gasteiger partial charge in [-0.05, 0) is 36.6 Å². The summed E-state index contributed by atoms with van der Waals surface area (Å²) in [5.74, 6) is -0.304. The molecule has 0 atom stereocenters. The van der Waals surface area contributed by atoms with Crippen LogP contribution in [0.4, 0.5) is 10.5 Å². The molecule has 3 aromatic rings. The van der Waals surface area contributed by atoms with Gasteiger partial charge >= 0.3 is 12.1 Å². The smallest absolute Gasteiger partial charge is 0.414 e. The Morgan fingerprint density at radius 3 is 2.59 bits per heavy atom. The molecule has 0 radical (unpaired) electrons. The van der Waals surface area contributed by atoms with Gasteiger partial charge in [-0.25, -0.2) is 9.59 Å². The third-order valence-corrected chi connectivity index (χ3v) is 5.95. The van der Waals surface area contributed by atoms with Crippen molar-refractivity contribution >= 4 is 29.1 Å². The zero-order valence-electron chi connectivity index (χ0n) is 16.1. The molecule has 4 rings (SSSR count). The van der Waals surface area contributed by atoms with E-state index >= 15 is 0 Å². The van der Waals surface area contributed by atoms with Crippen molar-refractivity contribution in [2.24, 2.45) is 0 Å². The number of thiophene rings is 1. The first-order valence-electron chi connectivity index (χ1n) is 9.55. The highest BCUT2D eigenvalue weighted by atomic mass is 32.1. The Kier molecular flexibility index (Phi) is 5.62. The Morgan fingerprint density at radius 2 is 1.79 bits per heavy atom. The number of anilines is 1. The van der Waals surface area contributed by atoms with Gasteiger partial charge in [-0.2, -0.15) is 0 Å². The second-order valence-electron chi connectivity index (χ2n) is 6.64. The third kappa shape index (κ3) is 4.03. The number of esters is 1. The van der Waals surface area contributed by atoms with Crippen molar-refractivity contribution in [3.63, 3.8) is 0 Å². The molecule has 0 unspecified atom stereocenters. The van der Waals surface area contributed by atoms with Crippen molar-refractivity contribution in [2.75, 3.05) is 18.1 Å². The summed E-state index contributed by atoms with van der Waals surface area (Å²) in [7, 11) is 0. The quantitative estimate of drug-likeness (QED) is 0.552. The lowest BCUT2D eigenvalue weighted by Crippen LogP contribution is -2.33. The monoisotopic (exact) mass is 407 g/mol. The van der Waals surface area contributed by atoms with Gasteiger partial charge < -0.3 is 9.47 Å². The number of hydrogen-bond acceptors (Lipinski definition) is 5. The molecule has 148 valence electrons. The molecule has 0 fully saturated rings. The summed E-state index contributed by atoms with van der Waals surface area (Å²) in [4.78, 5) is 28.3. The Hall–Kier alpha value is -3.12. The van der Waals surface area contributed by atoms with Crippen molar-refractivity contribution in [1.29, 1.82) is 0 Å². The molecule has 0 N–H and O–H groups in total. The number of carbonyl (C=O) groups excluding carboxylic acids is 2. The summed E-state index contributed by atoms with van der Waals surface area (Å²) in [6.45, 7) is 2.85. The maximum atomic E-state index is 12.9. The van der Waals surface area contributed by atoms with Crippen LogP contribution in [0.3, 0.4) is 0 Å². The van der Waals surface area contributed by atoms with E-state index in [0.717, 1.165) is 27.3 Å². The lowest BCUT2D eigenvalue weighted by Gasteiger charge is -2.22. The molecule has 1 amide bonds. The van der Waals surface area contributed by atoms with Crippen LogP contribution in [0.1, 0.15) is 27.7 Å². The normalized spacial score (nSPS) is 12.5. The number of fused-ring (bicyclic) bond motifs is 3. The van der Waals surface area contributed by atoms with Gasteiger partial charge in [0, 0.05) is 17.0 Å². The number of rotatable bonds is 4. The van der Waals surface area contributed by atoms with Crippen LogP contribution in [-0.2, 0) is 22.5 Å². The van der Waals surface area contributed by atoms with Crippen LogP contribution >= 0.6 is 11.3 Å². The van der Waals surface area contributed by atoms with Gasteiger partial charge in [0.1, 0.15) is 11.5 Å². The van der Waals surface area contributed by atoms with E-state index in [4.69, 9.17) is 9.47 Å². The maximum Gasteiger partial charge on any atom is 0.414 e. The minimum Gasteiger partial charge on any atom is -0.462 e. The lowest BCUT2D eigenvalue weighted by atomic mass is 10.1. The largest absolute Gasteiger partial charge is 0.462 e. The van der Waals surface area contributed by atoms with Crippen LogP contribution < -0.4 is 4.90 Å². The summed E-state index contributed by atoms with van der Waals surface area (Å²) >= 11 is 1.41. The summed E-state index contributed by atoms with van der Waals surface area (Å²) in [5.41, 5.74) is 3.71. The highest BCUT2D eigenvalue weighted by Gasteiger charge is 2.27. The van der Waals surface area contributed by atoms with Gasteiger partial charge in [0.15, 0.2) is 0 Å². The molecule has 0 spiro atoms. The minimum atomic E-state index is -0.373. The van der Waals surface area contributed by atoms with Crippen LogP contribution in [0.5, 0.6) is 0 Å². The van der Waals surface area contributed by atoms with E-state index in [1.807, 2.05) is 60.7 Å². The first kappa shape index (κ1) is 19.2. The Bertz CT molecular complexity index is 1030. The van der Waals surface area contributed by atoms with Crippen LogP contribution in [0.2, 0.25) is 0 Å². The maximum absolute atomic E-state index is 12.9. The van der Waals surface area contributed by atoms with Gasteiger partial charge in [-0.15, -0.1) is 11.3 Å². The minimum absolute atomic E-state index is 0.229.